The van der Waals surface area contributed by atoms with Gasteiger partial charge in [-0.25, -0.2) is 4.98 Å². The van der Waals surface area contributed by atoms with Gasteiger partial charge in [-0.3, -0.25) is 9.69 Å². The molecule has 2 fully saturated rings. The highest BCUT2D eigenvalue weighted by atomic mass is 16.5. The van der Waals surface area contributed by atoms with E-state index >= 15 is 0 Å². The van der Waals surface area contributed by atoms with Crippen LogP contribution in [-0.2, 0) is 4.79 Å². The first kappa shape index (κ1) is 18.9. The summed E-state index contributed by atoms with van der Waals surface area (Å²) in [5, 5.41) is 3.39. The van der Waals surface area contributed by atoms with Crippen molar-refractivity contribution in [3.63, 3.8) is 0 Å². The summed E-state index contributed by atoms with van der Waals surface area (Å²) < 4.78 is 5.44. The SMILES string of the molecule is CCOc1ccc(N2CCN(C(=O)[C@H]3CN(C(C)C)CCN3)CC2)nc1. The topological polar surface area (TPSA) is 60.9 Å². The van der Waals surface area contributed by atoms with Gasteiger partial charge in [0.2, 0.25) is 5.91 Å². The van der Waals surface area contributed by atoms with Crippen LogP contribution in [0.4, 0.5) is 5.82 Å². The van der Waals surface area contributed by atoms with Gasteiger partial charge in [-0.15, -0.1) is 0 Å². The minimum absolute atomic E-state index is 0.0821. The van der Waals surface area contributed by atoms with E-state index in [2.05, 4.69) is 33.9 Å². The Morgan fingerprint density at radius 3 is 2.65 bits per heavy atom. The molecule has 26 heavy (non-hydrogen) atoms. The highest BCUT2D eigenvalue weighted by Crippen LogP contribution is 2.18. The van der Waals surface area contributed by atoms with Gasteiger partial charge in [0, 0.05) is 51.9 Å². The zero-order valence-electron chi connectivity index (χ0n) is 16.1. The predicted molar refractivity (Wildman–Crippen MR) is 103 cm³/mol. The first-order chi connectivity index (χ1) is 12.6. The lowest BCUT2D eigenvalue weighted by Crippen LogP contribution is -2.61. The summed E-state index contributed by atoms with van der Waals surface area (Å²) in [5.41, 5.74) is 0. The molecule has 0 aliphatic carbocycles. The second-order valence-corrected chi connectivity index (χ2v) is 7.19. The molecule has 3 heterocycles. The van der Waals surface area contributed by atoms with Crippen LogP contribution in [0.15, 0.2) is 18.3 Å². The highest BCUT2D eigenvalue weighted by molar-refractivity contribution is 5.82. The number of anilines is 1. The summed E-state index contributed by atoms with van der Waals surface area (Å²) in [5.74, 6) is 1.97. The Labute approximate surface area is 156 Å². The summed E-state index contributed by atoms with van der Waals surface area (Å²) in [6.45, 7) is 12.8. The van der Waals surface area contributed by atoms with Crippen molar-refractivity contribution in [2.24, 2.45) is 0 Å². The van der Waals surface area contributed by atoms with E-state index in [1.807, 2.05) is 24.0 Å². The number of ether oxygens (including phenoxy) is 1. The van der Waals surface area contributed by atoms with Crippen LogP contribution in [0.2, 0.25) is 0 Å². The van der Waals surface area contributed by atoms with Crippen molar-refractivity contribution >= 4 is 11.7 Å². The Hall–Kier alpha value is -1.86. The van der Waals surface area contributed by atoms with E-state index in [0.717, 1.165) is 57.4 Å². The standard InChI is InChI=1S/C19H31N5O2/c1-4-26-16-5-6-18(21-13-16)22-9-11-23(12-10-22)19(25)17-14-24(15(2)3)8-7-20-17/h5-6,13,15,17,20H,4,7-12,14H2,1-3H3/t17-/m1/s1. The van der Waals surface area contributed by atoms with E-state index < -0.39 is 0 Å². The number of nitrogens with zero attached hydrogens (tertiary/aromatic N) is 4. The maximum atomic E-state index is 12.9. The number of hydrogen-bond donors (Lipinski definition) is 1. The van der Waals surface area contributed by atoms with Crippen LogP contribution in [-0.4, -0.2) is 85.2 Å². The van der Waals surface area contributed by atoms with Crippen molar-refractivity contribution in [2.45, 2.75) is 32.9 Å². The fraction of sp³-hybridized carbons (Fsp3) is 0.684. The molecule has 0 bridgehead atoms. The molecule has 0 unspecified atom stereocenters. The number of rotatable bonds is 5. The molecule has 0 spiro atoms. The Morgan fingerprint density at radius 2 is 2.04 bits per heavy atom. The van der Waals surface area contributed by atoms with Crippen LogP contribution in [0.25, 0.3) is 0 Å². The number of carbonyl (C=O) groups is 1. The molecule has 1 aromatic rings. The summed E-state index contributed by atoms with van der Waals surface area (Å²) >= 11 is 0. The Kier molecular flexibility index (Phi) is 6.32. The van der Waals surface area contributed by atoms with E-state index in [-0.39, 0.29) is 11.9 Å². The van der Waals surface area contributed by atoms with Crippen molar-refractivity contribution in [3.05, 3.63) is 18.3 Å². The maximum Gasteiger partial charge on any atom is 0.241 e. The first-order valence-corrected chi connectivity index (χ1v) is 9.68. The molecule has 1 amide bonds. The smallest absolute Gasteiger partial charge is 0.241 e. The third-order valence-corrected chi connectivity index (χ3v) is 5.18. The number of amides is 1. The van der Waals surface area contributed by atoms with Crippen LogP contribution in [0.1, 0.15) is 20.8 Å². The zero-order chi connectivity index (χ0) is 18.5. The normalized spacial score (nSPS) is 21.9. The molecule has 7 heteroatoms. The average Bonchev–Trinajstić information content (AvgIpc) is 2.68. The van der Waals surface area contributed by atoms with E-state index in [4.69, 9.17) is 4.74 Å². The molecular weight excluding hydrogens is 330 g/mol. The van der Waals surface area contributed by atoms with Gasteiger partial charge in [-0.05, 0) is 32.9 Å². The largest absolute Gasteiger partial charge is 0.492 e. The lowest BCUT2D eigenvalue weighted by molar-refractivity contribution is -0.135. The van der Waals surface area contributed by atoms with Crippen LogP contribution >= 0.6 is 0 Å². The molecule has 3 rings (SSSR count). The lowest BCUT2D eigenvalue weighted by Gasteiger charge is -2.40. The number of nitrogens with one attached hydrogen (secondary N) is 1. The highest BCUT2D eigenvalue weighted by Gasteiger charge is 2.31. The summed E-state index contributed by atoms with van der Waals surface area (Å²) in [4.78, 5) is 24.0. The van der Waals surface area contributed by atoms with E-state index in [1.165, 1.54) is 0 Å². The molecule has 0 radical (unpaired) electrons. The van der Waals surface area contributed by atoms with E-state index in [0.29, 0.717) is 12.6 Å². The zero-order valence-corrected chi connectivity index (χ0v) is 16.1. The molecule has 1 aromatic heterocycles. The number of pyridine rings is 1. The molecule has 144 valence electrons. The van der Waals surface area contributed by atoms with E-state index in [9.17, 15) is 4.79 Å². The second kappa shape index (κ2) is 8.68. The van der Waals surface area contributed by atoms with Gasteiger partial charge < -0.3 is 19.9 Å². The summed E-state index contributed by atoms with van der Waals surface area (Å²) in [7, 11) is 0. The van der Waals surface area contributed by atoms with E-state index in [1.54, 1.807) is 6.20 Å². The average molecular weight is 361 g/mol. The van der Waals surface area contributed by atoms with Gasteiger partial charge in [0.15, 0.2) is 0 Å². The van der Waals surface area contributed by atoms with Gasteiger partial charge in [0.05, 0.1) is 18.8 Å². The van der Waals surface area contributed by atoms with Gasteiger partial charge in [-0.1, -0.05) is 0 Å². The van der Waals surface area contributed by atoms with Crippen molar-refractivity contribution in [3.8, 4) is 5.75 Å². The minimum atomic E-state index is -0.0821. The van der Waals surface area contributed by atoms with Crippen LogP contribution in [0.5, 0.6) is 5.75 Å². The summed E-state index contributed by atoms with van der Waals surface area (Å²) in [6, 6.07) is 4.35. The van der Waals surface area contributed by atoms with Crippen molar-refractivity contribution < 1.29 is 9.53 Å². The van der Waals surface area contributed by atoms with Crippen LogP contribution < -0.4 is 15.0 Å². The minimum Gasteiger partial charge on any atom is -0.492 e. The second-order valence-electron chi connectivity index (χ2n) is 7.19. The molecule has 0 saturated carbocycles. The fourth-order valence-electron chi connectivity index (χ4n) is 3.60. The van der Waals surface area contributed by atoms with Crippen molar-refractivity contribution in [1.82, 2.24) is 20.1 Å². The van der Waals surface area contributed by atoms with Crippen molar-refractivity contribution in [2.75, 3.05) is 57.3 Å². The molecule has 0 aromatic carbocycles. The van der Waals surface area contributed by atoms with Gasteiger partial charge >= 0.3 is 0 Å². The Morgan fingerprint density at radius 1 is 1.27 bits per heavy atom. The molecule has 1 N–H and O–H groups in total. The number of hydrogen-bond acceptors (Lipinski definition) is 6. The number of carbonyl (C=O) groups excluding carboxylic acids is 1. The van der Waals surface area contributed by atoms with Crippen LogP contribution in [0, 0.1) is 0 Å². The molecule has 2 saturated heterocycles. The van der Waals surface area contributed by atoms with Crippen molar-refractivity contribution in [1.29, 1.82) is 0 Å². The lowest BCUT2D eigenvalue weighted by atomic mass is 10.1. The Balaban J connectivity index is 1.52. The molecule has 7 nitrogen and oxygen atoms in total. The van der Waals surface area contributed by atoms with Gasteiger partial charge in [-0.2, -0.15) is 0 Å². The van der Waals surface area contributed by atoms with Gasteiger partial charge in [0.1, 0.15) is 11.6 Å². The first-order valence-electron chi connectivity index (χ1n) is 9.68. The monoisotopic (exact) mass is 361 g/mol. The predicted octanol–water partition coefficient (Wildman–Crippen LogP) is 0.811. The molecule has 1 atom stereocenters. The fourth-order valence-corrected chi connectivity index (χ4v) is 3.60. The third kappa shape index (κ3) is 4.45. The molecule has 2 aliphatic rings. The molecular formula is C19H31N5O2. The Bertz CT molecular complexity index is 584. The molecule has 2 aliphatic heterocycles. The number of aromatic nitrogens is 1. The van der Waals surface area contributed by atoms with Gasteiger partial charge in [0.25, 0.3) is 0 Å². The number of piperazine rings is 2. The third-order valence-electron chi connectivity index (χ3n) is 5.18. The summed E-state index contributed by atoms with van der Waals surface area (Å²) in [6.07, 6.45) is 1.77. The van der Waals surface area contributed by atoms with Crippen LogP contribution in [0.3, 0.4) is 0 Å². The quantitative estimate of drug-likeness (QED) is 0.838. The maximum absolute atomic E-state index is 12.9.